The summed E-state index contributed by atoms with van der Waals surface area (Å²) in [6, 6.07) is 0. The van der Waals surface area contributed by atoms with Crippen LogP contribution in [0.15, 0.2) is 0 Å². The molecular weight excluding hydrogens is 140 g/mol. The van der Waals surface area contributed by atoms with Crippen molar-refractivity contribution >= 4 is 10.8 Å². The van der Waals surface area contributed by atoms with E-state index < -0.39 is 15.9 Å². The van der Waals surface area contributed by atoms with Gasteiger partial charge in [-0.25, -0.2) is 0 Å². The Morgan fingerprint density at radius 3 is 2.33 bits per heavy atom. The second-order valence-corrected chi connectivity index (χ2v) is 4.00. The van der Waals surface area contributed by atoms with Crippen LogP contribution in [0.1, 0.15) is 19.3 Å². The Hall–Kier alpha value is 0.0700. The average molecular weight is 150 g/mol. The van der Waals surface area contributed by atoms with Crippen molar-refractivity contribution in [1.29, 1.82) is 0 Å². The lowest BCUT2D eigenvalue weighted by atomic mass is 10.2. The molecule has 0 spiro atoms. The highest BCUT2D eigenvalue weighted by atomic mass is 32.2. The topological polar surface area (TPSA) is 57.5 Å². The first-order valence-corrected chi connectivity index (χ1v) is 4.28. The highest BCUT2D eigenvalue weighted by Gasteiger charge is 2.33. The predicted octanol–water partition coefficient (Wildman–Crippen LogP) is -0.443. The first-order valence-electron chi connectivity index (χ1n) is 2.96. The minimum absolute atomic E-state index is 0.250. The van der Waals surface area contributed by atoms with Gasteiger partial charge < -0.3 is 10.2 Å². The predicted molar refractivity (Wildman–Crippen MR) is 34.0 cm³/mol. The molecule has 1 fully saturated rings. The zero-order valence-corrected chi connectivity index (χ0v) is 5.86. The van der Waals surface area contributed by atoms with Gasteiger partial charge in [-0.2, -0.15) is 0 Å². The molecule has 0 amide bonds. The second-order valence-electron chi connectivity index (χ2n) is 2.25. The van der Waals surface area contributed by atoms with Gasteiger partial charge in [0.05, 0.1) is 10.8 Å². The summed E-state index contributed by atoms with van der Waals surface area (Å²) in [7, 11) is -1.44. The van der Waals surface area contributed by atoms with Crippen LogP contribution < -0.4 is 0 Å². The minimum atomic E-state index is -1.89. The Kier molecular flexibility index (Phi) is 1.88. The van der Waals surface area contributed by atoms with E-state index in [0.717, 1.165) is 12.8 Å². The third-order valence-electron chi connectivity index (χ3n) is 1.45. The van der Waals surface area contributed by atoms with Crippen LogP contribution in [0.3, 0.4) is 0 Å². The summed E-state index contributed by atoms with van der Waals surface area (Å²) >= 11 is 0. The van der Waals surface area contributed by atoms with Crippen molar-refractivity contribution in [3.05, 3.63) is 0 Å². The van der Waals surface area contributed by atoms with E-state index in [1.54, 1.807) is 0 Å². The molecule has 0 aromatic carbocycles. The van der Waals surface area contributed by atoms with Gasteiger partial charge >= 0.3 is 0 Å². The quantitative estimate of drug-likeness (QED) is 0.460. The third-order valence-corrected chi connectivity index (χ3v) is 3.04. The first-order chi connectivity index (χ1) is 4.13. The maximum absolute atomic E-state index is 10.7. The Labute approximate surface area is 56.2 Å². The van der Waals surface area contributed by atoms with Crippen LogP contribution >= 0.6 is 0 Å². The molecule has 1 unspecified atom stereocenters. The van der Waals surface area contributed by atoms with Crippen molar-refractivity contribution in [3.8, 4) is 0 Å². The molecule has 54 valence electrons. The number of hydrogen-bond acceptors (Lipinski definition) is 3. The molecule has 0 aromatic heterocycles. The van der Waals surface area contributed by atoms with Crippen LogP contribution in [0.5, 0.6) is 0 Å². The molecule has 1 saturated heterocycles. The molecular formula is C5H10O3S. The van der Waals surface area contributed by atoms with Crippen molar-refractivity contribution in [2.45, 2.75) is 24.4 Å². The second kappa shape index (κ2) is 2.36. The summed E-state index contributed by atoms with van der Waals surface area (Å²) in [5, 5.41) is 15.9. The lowest BCUT2D eigenvalue weighted by Crippen LogP contribution is -2.38. The van der Waals surface area contributed by atoms with Gasteiger partial charge in [0.2, 0.25) is 5.12 Å². The summed E-state index contributed by atoms with van der Waals surface area (Å²) in [5.41, 5.74) is 0. The molecule has 2 N–H and O–H groups in total. The molecule has 0 bridgehead atoms. The van der Waals surface area contributed by atoms with Crippen molar-refractivity contribution in [3.63, 3.8) is 0 Å². The Balaban J connectivity index is 2.60. The molecule has 1 aliphatic rings. The van der Waals surface area contributed by atoms with Gasteiger partial charge in [0.25, 0.3) is 0 Å². The molecule has 1 atom stereocenters. The summed E-state index contributed by atoms with van der Waals surface area (Å²) in [6.45, 7) is 0. The van der Waals surface area contributed by atoms with E-state index in [-0.39, 0.29) is 6.42 Å². The maximum atomic E-state index is 10.7. The standard InChI is InChI=1S/C5H10O3S/c6-5(7)3-1-2-4-9(5)8/h6-7H,1-4H2. The first kappa shape index (κ1) is 7.18. The van der Waals surface area contributed by atoms with Crippen molar-refractivity contribution in [2.75, 3.05) is 5.75 Å². The zero-order valence-electron chi connectivity index (χ0n) is 5.04. The van der Waals surface area contributed by atoms with Crippen molar-refractivity contribution < 1.29 is 14.4 Å². The fraction of sp³-hybridized carbons (Fsp3) is 1.00. The van der Waals surface area contributed by atoms with Gasteiger partial charge in [-0.3, -0.25) is 4.21 Å². The van der Waals surface area contributed by atoms with Gasteiger partial charge in [0, 0.05) is 12.2 Å². The highest BCUT2D eigenvalue weighted by molar-refractivity contribution is 7.86. The van der Waals surface area contributed by atoms with E-state index >= 15 is 0 Å². The minimum Gasteiger partial charge on any atom is -0.355 e. The van der Waals surface area contributed by atoms with Gasteiger partial charge in [0.1, 0.15) is 0 Å². The van der Waals surface area contributed by atoms with Crippen molar-refractivity contribution in [2.24, 2.45) is 0 Å². The summed E-state index contributed by atoms with van der Waals surface area (Å²) < 4.78 is 10.7. The Morgan fingerprint density at radius 2 is 2.00 bits per heavy atom. The molecule has 0 saturated carbocycles. The van der Waals surface area contributed by atoms with Crippen LogP contribution in [0, 0.1) is 0 Å². The van der Waals surface area contributed by atoms with Crippen LogP contribution in [-0.2, 0) is 10.8 Å². The highest BCUT2D eigenvalue weighted by Crippen LogP contribution is 2.21. The van der Waals surface area contributed by atoms with Crippen molar-refractivity contribution in [1.82, 2.24) is 0 Å². The van der Waals surface area contributed by atoms with Crippen LogP contribution in [0.2, 0.25) is 0 Å². The van der Waals surface area contributed by atoms with E-state index in [4.69, 9.17) is 10.2 Å². The normalized spacial score (nSPS) is 34.2. The van der Waals surface area contributed by atoms with Crippen LogP contribution in [0.25, 0.3) is 0 Å². The van der Waals surface area contributed by atoms with Gasteiger partial charge in [-0.15, -0.1) is 0 Å². The SMILES string of the molecule is O=S1CCCCC1(O)O. The largest absolute Gasteiger partial charge is 0.355 e. The average Bonchev–Trinajstić information content (AvgIpc) is 1.77. The van der Waals surface area contributed by atoms with Crippen LogP contribution in [-0.4, -0.2) is 25.3 Å². The van der Waals surface area contributed by atoms with Gasteiger partial charge in [-0.05, 0) is 12.8 Å². The van der Waals surface area contributed by atoms with E-state index in [9.17, 15) is 4.21 Å². The fourth-order valence-electron chi connectivity index (χ4n) is 0.866. The van der Waals surface area contributed by atoms with Gasteiger partial charge in [0.15, 0.2) is 0 Å². The summed E-state index contributed by atoms with van der Waals surface area (Å²) in [4.78, 5) is 0. The molecule has 0 aromatic rings. The monoisotopic (exact) mass is 150 g/mol. The Bertz CT molecular complexity index is 132. The zero-order chi connectivity index (χ0) is 6.91. The maximum Gasteiger partial charge on any atom is 0.242 e. The molecule has 9 heavy (non-hydrogen) atoms. The van der Waals surface area contributed by atoms with Crippen LogP contribution in [0.4, 0.5) is 0 Å². The van der Waals surface area contributed by atoms with E-state index in [2.05, 4.69) is 0 Å². The third kappa shape index (κ3) is 1.50. The Morgan fingerprint density at radius 1 is 1.33 bits per heavy atom. The molecule has 4 heteroatoms. The summed E-state index contributed by atoms with van der Waals surface area (Å²) in [5.74, 6) is 0.424. The summed E-state index contributed by atoms with van der Waals surface area (Å²) in [6.07, 6.45) is 1.85. The molecule has 0 radical (unpaired) electrons. The molecule has 1 heterocycles. The number of rotatable bonds is 0. The number of hydrogen-bond donors (Lipinski definition) is 2. The number of aliphatic hydroxyl groups is 2. The molecule has 1 rings (SSSR count). The smallest absolute Gasteiger partial charge is 0.242 e. The van der Waals surface area contributed by atoms with Gasteiger partial charge in [-0.1, -0.05) is 0 Å². The lowest BCUT2D eigenvalue weighted by Gasteiger charge is -2.24. The van der Waals surface area contributed by atoms with E-state index in [1.807, 2.05) is 0 Å². The fourth-order valence-corrected chi connectivity index (χ4v) is 2.03. The lowest BCUT2D eigenvalue weighted by molar-refractivity contribution is -0.0897. The molecule has 1 aliphatic heterocycles. The molecule has 0 aliphatic carbocycles. The van der Waals surface area contributed by atoms with E-state index in [0.29, 0.717) is 5.75 Å². The molecule has 3 nitrogen and oxygen atoms in total. The van der Waals surface area contributed by atoms with E-state index in [1.165, 1.54) is 0 Å².